The minimum atomic E-state index is -1.02. The molecule has 8 nitrogen and oxygen atoms in total. The molecule has 118 valence electrons. The van der Waals surface area contributed by atoms with Crippen molar-refractivity contribution in [2.45, 2.75) is 51.7 Å². The first-order valence-corrected chi connectivity index (χ1v) is 7.45. The second-order valence-electron chi connectivity index (χ2n) is 6.83. The van der Waals surface area contributed by atoms with E-state index in [1.165, 1.54) is 6.33 Å². The molecule has 0 spiro atoms. The van der Waals surface area contributed by atoms with E-state index in [4.69, 9.17) is 0 Å². The molecule has 0 radical (unpaired) electrons. The molecule has 0 aromatic carbocycles. The van der Waals surface area contributed by atoms with E-state index in [0.29, 0.717) is 24.3 Å². The van der Waals surface area contributed by atoms with E-state index in [2.05, 4.69) is 20.3 Å². The first-order chi connectivity index (χ1) is 10.4. The molecule has 1 aliphatic heterocycles. The Hall–Kier alpha value is -2.09. The number of amides is 1. The molecule has 8 heteroatoms. The van der Waals surface area contributed by atoms with Crippen LogP contribution in [0, 0.1) is 0 Å². The SMILES string of the molecule is CC(C)(C)[N+]1(C(=O)[O-])CCC[C@H]1Cn1nnc2cncnc21. The third-order valence-electron chi connectivity index (χ3n) is 4.76. The van der Waals surface area contributed by atoms with E-state index in [0.717, 1.165) is 12.8 Å². The van der Waals surface area contributed by atoms with E-state index in [1.54, 1.807) is 10.9 Å². The van der Waals surface area contributed by atoms with Gasteiger partial charge in [0.25, 0.3) is 6.09 Å². The fraction of sp³-hybridized carbons (Fsp3) is 0.643. The van der Waals surface area contributed by atoms with Crippen molar-refractivity contribution in [3.8, 4) is 0 Å². The number of carbonyl (C=O) groups is 1. The van der Waals surface area contributed by atoms with Crippen LogP contribution in [0.2, 0.25) is 0 Å². The van der Waals surface area contributed by atoms with Crippen LogP contribution in [0.3, 0.4) is 0 Å². The lowest BCUT2D eigenvalue weighted by atomic mass is 10.00. The van der Waals surface area contributed by atoms with Crippen molar-refractivity contribution >= 4 is 17.3 Å². The Morgan fingerprint density at radius 1 is 1.50 bits per heavy atom. The van der Waals surface area contributed by atoms with Crippen molar-refractivity contribution in [3.05, 3.63) is 12.5 Å². The number of aromatic nitrogens is 5. The molecule has 2 atom stereocenters. The number of quaternary nitrogens is 1. The van der Waals surface area contributed by atoms with Crippen LogP contribution < -0.4 is 5.11 Å². The number of fused-ring (bicyclic) bond motifs is 1. The Balaban J connectivity index is 1.98. The molecule has 1 fully saturated rings. The van der Waals surface area contributed by atoms with Crippen molar-refractivity contribution < 1.29 is 14.4 Å². The van der Waals surface area contributed by atoms with Crippen LogP contribution in [0.4, 0.5) is 4.79 Å². The maximum absolute atomic E-state index is 12.0. The van der Waals surface area contributed by atoms with Crippen LogP contribution >= 0.6 is 0 Å². The number of nitrogens with zero attached hydrogens (tertiary/aromatic N) is 6. The first kappa shape index (κ1) is 14.8. The molecule has 3 rings (SSSR count). The molecule has 22 heavy (non-hydrogen) atoms. The molecule has 2 aromatic rings. The van der Waals surface area contributed by atoms with E-state index in [9.17, 15) is 9.90 Å². The van der Waals surface area contributed by atoms with Crippen molar-refractivity contribution in [2.75, 3.05) is 6.54 Å². The third kappa shape index (κ3) is 2.06. The van der Waals surface area contributed by atoms with Crippen molar-refractivity contribution in [3.63, 3.8) is 0 Å². The van der Waals surface area contributed by atoms with Gasteiger partial charge >= 0.3 is 0 Å². The molecular formula is C14H20N6O2. The van der Waals surface area contributed by atoms with Gasteiger partial charge in [0.1, 0.15) is 12.4 Å². The summed E-state index contributed by atoms with van der Waals surface area (Å²) in [5, 5.41) is 20.1. The van der Waals surface area contributed by atoms with Gasteiger partial charge in [-0.15, -0.1) is 5.10 Å². The summed E-state index contributed by atoms with van der Waals surface area (Å²) in [4.78, 5) is 20.1. The largest absolute Gasteiger partial charge is 0.498 e. The van der Waals surface area contributed by atoms with Crippen LogP contribution in [-0.2, 0) is 6.54 Å². The van der Waals surface area contributed by atoms with Crippen LogP contribution in [-0.4, -0.2) is 53.7 Å². The smallest absolute Gasteiger partial charge is 0.258 e. The lowest BCUT2D eigenvalue weighted by Crippen LogP contribution is -2.70. The van der Waals surface area contributed by atoms with Crippen molar-refractivity contribution in [1.82, 2.24) is 25.0 Å². The molecule has 0 bridgehead atoms. The number of carboxylic acid groups (broad SMARTS) is 1. The number of carbonyl (C=O) groups excluding carboxylic acids is 1. The Labute approximate surface area is 128 Å². The van der Waals surface area contributed by atoms with Gasteiger partial charge in [0, 0.05) is 12.8 Å². The van der Waals surface area contributed by atoms with Crippen LogP contribution in [0.1, 0.15) is 33.6 Å². The Kier molecular flexibility index (Phi) is 3.36. The monoisotopic (exact) mass is 304 g/mol. The van der Waals surface area contributed by atoms with Gasteiger partial charge < -0.3 is 9.90 Å². The average molecular weight is 304 g/mol. The third-order valence-corrected chi connectivity index (χ3v) is 4.76. The Morgan fingerprint density at radius 3 is 2.95 bits per heavy atom. The molecule has 3 heterocycles. The Morgan fingerprint density at radius 2 is 2.27 bits per heavy atom. The summed E-state index contributed by atoms with van der Waals surface area (Å²) < 4.78 is 1.62. The Bertz CT molecular complexity index is 707. The highest BCUT2D eigenvalue weighted by molar-refractivity contribution is 5.67. The summed E-state index contributed by atoms with van der Waals surface area (Å²) >= 11 is 0. The molecule has 0 aliphatic carbocycles. The van der Waals surface area contributed by atoms with Gasteiger partial charge in [0.05, 0.1) is 24.8 Å². The molecule has 1 saturated heterocycles. The molecule has 1 unspecified atom stereocenters. The van der Waals surface area contributed by atoms with Gasteiger partial charge in [-0.1, -0.05) is 5.21 Å². The zero-order valence-corrected chi connectivity index (χ0v) is 13.1. The number of hydrogen-bond donors (Lipinski definition) is 0. The van der Waals surface area contributed by atoms with Crippen molar-refractivity contribution in [1.29, 1.82) is 0 Å². The highest BCUT2D eigenvalue weighted by atomic mass is 16.4. The van der Waals surface area contributed by atoms with Crippen LogP contribution in [0.15, 0.2) is 12.5 Å². The minimum absolute atomic E-state index is 0.0561. The zero-order valence-electron chi connectivity index (χ0n) is 13.1. The van der Waals surface area contributed by atoms with Gasteiger partial charge in [-0.2, -0.15) is 0 Å². The minimum Gasteiger partial charge on any atom is -0.498 e. The maximum atomic E-state index is 12.0. The number of rotatable bonds is 2. The molecule has 0 N–H and O–H groups in total. The summed E-state index contributed by atoms with van der Waals surface area (Å²) in [6.45, 7) is 6.88. The highest BCUT2D eigenvalue weighted by Crippen LogP contribution is 2.37. The summed E-state index contributed by atoms with van der Waals surface area (Å²) in [7, 11) is 0. The lowest BCUT2D eigenvalue weighted by molar-refractivity contribution is -0.930. The predicted molar refractivity (Wildman–Crippen MR) is 76.4 cm³/mol. The second-order valence-corrected chi connectivity index (χ2v) is 6.83. The van der Waals surface area contributed by atoms with E-state index in [-0.39, 0.29) is 10.5 Å². The van der Waals surface area contributed by atoms with Gasteiger partial charge in [-0.05, 0) is 20.8 Å². The molecule has 1 aliphatic rings. The number of hydrogen-bond acceptors (Lipinski definition) is 6. The van der Waals surface area contributed by atoms with Gasteiger partial charge in [0.15, 0.2) is 11.2 Å². The molecule has 2 aromatic heterocycles. The van der Waals surface area contributed by atoms with Gasteiger partial charge in [0.2, 0.25) is 0 Å². The zero-order chi connectivity index (χ0) is 16.0. The summed E-state index contributed by atoms with van der Waals surface area (Å²) in [6, 6.07) is -0.107. The first-order valence-electron chi connectivity index (χ1n) is 7.45. The molecule has 1 amide bonds. The standard InChI is InChI=1S/C14H20N6O2/c1-14(2,3)20(13(21)22)6-4-5-10(20)8-19-12-11(17-18-19)7-15-9-16-12/h7,9-10H,4-6,8H2,1-3H3/t10-,20?/m0/s1. The normalized spacial score (nSPS) is 25.7. The lowest BCUT2D eigenvalue weighted by Gasteiger charge is -2.49. The predicted octanol–water partition coefficient (Wildman–Crippen LogP) is 0.342. The van der Waals surface area contributed by atoms with Gasteiger partial charge in [-0.3, -0.25) is 4.48 Å². The van der Waals surface area contributed by atoms with E-state index < -0.39 is 11.6 Å². The summed E-state index contributed by atoms with van der Waals surface area (Å²) in [6.07, 6.45) is 3.70. The second kappa shape index (κ2) is 4.98. The topological polar surface area (TPSA) is 96.6 Å². The van der Waals surface area contributed by atoms with Crippen molar-refractivity contribution in [2.24, 2.45) is 0 Å². The molecular weight excluding hydrogens is 284 g/mol. The van der Waals surface area contributed by atoms with E-state index >= 15 is 0 Å². The van der Waals surface area contributed by atoms with Crippen LogP contribution in [0.5, 0.6) is 0 Å². The van der Waals surface area contributed by atoms with Crippen LogP contribution in [0.25, 0.3) is 11.2 Å². The highest BCUT2D eigenvalue weighted by Gasteiger charge is 2.52. The quantitative estimate of drug-likeness (QED) is 0.742. The summed E-state index contributed by atoms with van der Waals surface area (Å²) in [5.74, 6) is 0. The molecule has 0 saturated carbocycles. The fourth-order valence-electron chi connectivity index (χ4n) is 3.66. The average Bonchev–Trinajstić information content (AvgIpc) is 3.04. The fourth-order valence-corrected chi connectivity index (χ4v) is 3.66. The van der Waals surface area contributed by atoms with E-state index in [1.807, 2.05) is 20.8 Å². The summed E-state index contributed by atoms with van der Waals surface area (Å²) in [5.41, 5.74) is 0.806. The number of likely N-dealkylation sites (tertiary alicyclic amines) is 1. The van der Waals surface area contributed by atoms with Gasteiger partial charge in [-0.25, -0.2) is 14.6 Å². The maximum Gasteiger partial charge on any atom is 0.258 e.